The number of amides is 1. The van der Waals surface area contributed by atoms with E-state index in [-0.39, 0.29) is 18.5 Å². The first-order valence-electron chi connectivity index (χ1n) is 5.35. The van der Waals surface area contributed by atoms with Gasteiger partial charge in [0.2, 0.25) is 5.95 Å². The topological polar surface area (TPSA) is 77.0 Å². The van der Waals surface area contributed by atoms with Gasteiger partial charge in [0.15, 0.2) is 6.61 Å². The first-order chi connectivity index (χ1) is 8.74. The van der Waals surface area contributed by atoms with Gasteiger partial charge >= 0.3 is 0 Å². The molecule has 0 fully saturated rings. The Balaban J connectivity index is 1.83. The van der Waals surface area contributed by atoms with Gasteiger partial charge in [-0.2, -0.15) is 0 Å². The van der Waals surface area contributed by atoms with Crippen molar-refractivity contribution in [2.75, 3.05) is 11.9 Å². The van der Waals surface area contributed by atoms with Gasteiger partial charge in [-0.25, -0.2) is 15.0 Å². The summed E-state index contributed by atoms with van der Waals surface area (Å²) in [4.78, 5) is 22.7. The molecule has 0 atom stereocenters. The molecule has 0 unspecified atom stereocenters. The SMILES string of the molecule is Cc1ccc(OCC(=O)Nc2ncncn2)cc1. The summed E-state index contributed by atoms with van der Waals surface area (Å²) >= 11 is 0. The Bertz CT molecular complexity index is 513. The van der Waals surface area contributed by atoms with E-state index in [9.17, 15) is 4.79 Å². The van der Waals surface area contributed by atoms with E-state index in [1.807, 2.05) is 31.2 Å². The molecule has 18 heavy (non-hydrogen) atoms. The zero-order valence-corrected chi connectivity index (χ0v) is 9.83. The standard InChI is InChI=1S/C12H12N4O2/c1-9-2-4-10(5-3-9)18-6-11(17)16-12-14-7-13-8-15-12/h2-5,7-8H,6H2,1H3,(H,13,14,15,16,17). The highest BCUT2D eigenvalue weighted by Crippen LogP contribution is 2.11. The van der Waals surface area contributed by atoms with E-state index in [4.69, 9.17) is 4.74 Å². The minimum Gasteiger partial charge on any atom is -0.484 e. The van der Waals surface area contributed by atoms with Gasteiger partial charge in [-0.3, -0.25) is 10.1 Å². The molecule has 0 aliphatic heterocycles. The number of nitrogens with one attached hydrogen (secondary N) is 1. The van der Waals surface area contributed by atoms with Crippen molar-refractivity contribution in [3.05, 3.63) is 42.5 Å². The van der Waals surface area contributed by atoms with E-state index >= 15 is 0 Å². The van der Waals surface area contributed by atoms with Crippen LogP contribution in [0.2, 0.25) is 0 Å². The zero-order valence-electron chi connectivity index (χ0n) is 9.83. The van der Waals surface area contributed by atoms with Gasteiger partial charge in [-0.1, -0.05) is 17.7 Å². The zero-order chi connectivity index (χ0) is 12.8. The molecule has 92 valence electrons. The molecule has 0 radical (unpaired) electrons. The van der Waals surface area contributed by atoms with Crippen molar-refractivity contribution in [3.63, 3.8) is 0 Å². The van der Waals surface area contributed by atoms with E-state index in [0.29, 0.717) is 5.75 Å². The van der Waals surface area contributed by atoms with Crippen LogP contribution in [0.4, 0.5) is 5.95 Å². The van der Waals surface area contributed by atoms with Crippen molar-refractivity contribution in [3.8, 4) is 5.75 Å². The third-order valence-electron chi connectivity index (χ3n) is 2.14. The van der Waals surface area contributed by atoms with Crippen molar-refractivity contribution in [1.82, 2.24) is 15.0 Å². The molecule has 1 aromatic carbocycles. The number of hydrogen-bond acceptors (Lipinski definition) is 5. The molecule has 2 aromatic rings. The molecular formula is C12H12N4O2. The molecule has 6 heteroatoms. The van der Waals surface area contributed by atoms with Crippen molar-refractivity contribution in [2.24, 2.45) is 0 Å². The Morgan fingerprint density at radius 1 is 1.22 bits per heavy atom. The number of carbonyl (C=O) groups is 1. The van der Waals surface area contributed by atoms with Crippen LogP contribution in [-0.4, -0.2) is 27.5 Å². The Hall–Kier alpha value is -2.50. The quantitative estimate of drug-likeness (QED) is 0.874. The number of ether oxygens (including phenoxy) is 1. The number of carbonyl (C=O) groups excluding carboxylic acids is 1. The van der Waals surface area contributed by atoms with Crippen LogP contribution in [0, 0.1) is 6.92 Å². The first kappa shape index (κ1) is 12.0. The molecule has 1 heterocycles. The number of benzene rings is 1. The van der Waals surface area contributed by atoms with E-state index in [1.54, 1.807) is 0 Å². The molecule has 1 amide bonds. The number of aromatic nitrogens is 3. The number of aryl methyl sites for hydroxylation is 1. The van der Waals surface area contributed by atoms with Crippen LogP contribution in [0.15, 0.2) is 36.9 Å². The summed E-state index contributed by atoms with van der Waals surface area (Å²) in [6, 6.07) is 7.45. The highest BCUT2D eigenvalue weighted by molar-refractivity contribution is 5.90. The molecule has 6 nitrogen and oxygen atoms in total. The van der Waals surface area contributed by atoms with Gasteiger partial charge in [0.25, 0.3) is 5.91 Å². The van der Waals surface area contributed by atoms with Crippen LogP contribution >= 0.6 is 0 Å². The lowest BCUT2D eigenvalue weighted by atomic mass is 10.2. The summed E-state index contributed by atoms with van der Waals surface area (Å²) in [5.74, 6) is 0.538. The second kappa shape index (κ2) is 5.72. The smallest absolute Gasteiger partial charge is 0.264 e. The summed E-state index contributed by atoms with van der Waals surface area (Å²) in [6.07, 6.45) is 2.62. The fourth-order valence-electron chi connectivity index (χ4n) is 1.25. The first-order valence-corrected chi connectivity index (χ1v) is 5.35. The lowest BCUT2D eigenvalue weighted by Crippen LogP contribution is -2.21. The van der Waals surface area contributed by atoms with Gasteiger partial charge in [-0.05, 0) is 19.1 Å². The van der Waals surface area contributed by atoms with Crippen LogP contribution in [-0.2, 0) is 4.79 Å². The summed E-state index contributed by atoms with van der Waals surface area (Å²) in [5.41, 5.74) is 1.14. The molecule has 0 bridgehead atoms. The fraction of sp³-hybridized carbons (Fsp3) is 0.167. The largest absolute Gasteiger partial charge is 0.484 e. The maximum Gasteiger partial charge on any atom is 0.264 e. The lowest BCUT2D eigenvalue weighted by Gasteiger charge is -2.06. The molecule has 0 spiro atoms. The Labute approximate surface area is 104 Å². The average Bonchev–Trinajstić information content (AvgIpc) is 2.39. The Morgan fingerprint density at radius 3 is 2.56 bits per heavy atom. The van der Waals surface area contributed by atoms with Gasteiger partial charge in [0.05, 0.1) is 0 Å². The maximum atomic E-state index is 11.5. The normalized spacial score (nSPS) is 9.83. The van der Waals surface area contributed by atoms with Gasteiger partial charge < -0.3 is 4.74 Å². The number of hydrogen-bond donors (Lipinski definition) is 1. The predicted molar refractivity (Wildman–Crippen MR) is 65.1 cm³/mol. The second-order valence-corrected chi connectivity index (χ2v) is 3.61. The highest BCUT2D eigenvalue weighted by atomic mass is 16.5. The third-order valence-corrected chi connectivity index (χ3v) is 2.14. The summed E-state index contributed by atoms with van der Waals surface area (Å²) in [6.45, 7) is 1.89. The molecule has 0 aliphatic carbocycles. The van der Waals surface area contributed by atoms with Gasteiger partial charge in [0, 0.05) is 0 Å². The van der Waals surface area contributed by atoms with Gasteiger partial charge in [0.1, 0.15) is 18.4 Å². The molecule has 1 aromatic heterocycles. The average molecular weight is 244 g/mol. The molecule has 2 rings (SSSR count). The lowest BCUT2D eigenvalue weighted by molar-refractivity contribution is -0.118. The summed E-state index contributed by atoms with van der Waals surface area (Å²) in [7, 11) is 0. The molecule has 0 aliphatic rings. The van der Waals surface area contributed by atoms with E-state index in [2.05, 4.69) is 20.3 Å². The van der Waals surface area contributed by atoms with Crippen LogP contribution in [0.3, 0.4) is 0 Å². The molecule has 0 saturated heterocycles. The van der Waals surface area contributed by atoms with Gasteiger partial charge in [-0.15, -0.1) is 0 Å². The number of anilines is 1. The predicted octanol–water partition coefficient (Wildman–Crippen LogP) is 1.20. The maximum absolute atomic E-state index is 11.5. The van der Waals surface area contributed by atoms with Crippen LogP contribution in [0.25, 0.3) is 0 Å². The minimum absolute atomic E-state index is 0.0885. The summed E-state index contributed by atoms with van der Waals surface area (Å²) < 4.78 is 5.31. The van der Waals surface area contributed by atoms with E-state index in [0.717, 1.165) is 5.56 Å². The second-order valence-electron chi connectivity index (χ2n) is 3.61. The molecule has 1 N–H and O–H groups in total. The van der Waals surface area contributed by atoms with Crippen molar-refractivity contribution >= 4 is 11.9 Å². The van der Waals surface area contributed by atoms with Crippen molar-refractivity contribution in [2.45, 2.75) is 6.92 Å². The Kier molecular flexibility index (Phi) is 3.80. The minimum atomic E-state index is -0.318. The highest BCUT2D eigenvalue weighted by Gasteiger charge is 2.04. The van der Waals surface area contributed by atoms with Crippen LogP contribution < -0.4 is 10.1 Å². The van der Waals surface area contributed by atoms with E-state index in [1.165, 1.54) is 12.7 Å². The van der Waals surface area contributed by atoms with E-state index < -0.39 is 0 Å². The monoisotopic (exact) mass is 244 g/mol. The Morgan fingerprint density at radius 2 is 1.89 bits per heavy atom. The third kappa shape index (κ3) is 3.51. The fourth-order valence-corrected chi connectivity index (χ4v) is 1.25. The van der Waals surface area contributed by atoms with Crippen molar-refractivity contribution in [1.29, 1.82) is 0 Å². The molecular weight excluding hydrogens is 232 g/mol. The number of nitrogens with zero attached hydrogens (tertiary/aromatic N) is 3. The molecule has 0 saturated carbocycles. The van der Waals surface area contributed by atoms with Crippen LogP contribution in [0.5, 0.6) is 5.75 Å². The van der Waals surface area contributed by atoms with Crippen LogP contribution in [0.1, 0.15) is 5.56 Å². The van der Waals surface area contributed by atoms with Crippen molar-refractivity contribution < 1.29 is 9.53 Å². The number of rotatable bonds is 4. The summed E-state index contributed by atoms with van der Waals surface area (Å²) in [5, 5.41) is 2.50.